The summed E-state index contributed by atoms with van der Waals surface area (Å²) < 4.78 is 7.85. The topological polar surface area (TPSA) is 49.3 Å². The molecule has 6 nitrogen and oxygen atoms in total. The minimum atomic E-state index is 0.653. The molecule has 1 aromatic heterocycles. The monoisotopic (exact) mass is 305 g/mol. The van der Waals surface area contributed by atoms with Crippen molar-refractivity contribution in [3.05, 3.63) is 29.0 Å². The number of hydrogen-bond acceptors (Lipinski definition) is 5. The molecule has 0 atom stereocenters. The zero-order valence-corrected chi connectivity index (χ0v) is 13.1. The number of piperazine rings is 1. The molecule has 3 rings (SSSR count). The fourth-order valence-electron chi connectivity index (χ4n) is 2.59. The third-order valence-electron chi connectivity index (χ3n) is 3.84. The van der Waals surface area contributed by atoms with Gasteiger partial charge in [0.25, 0.3) is 0 Å². The van der Waals surface area contributed by atoms with E-state index in [9.17, 15) is 0 Å². The molecule has 1 fully saturated rings. The van der Waals surface area contributed by atoms with Crippen molar-refractivity contribution in [2.45, 2.75) is 0 Å². The van der Waals surface area contributed by atoms with E-state index in [2.05, 4.69) is 32.1 Å². The van der Waals surface area contributed by atoms with Gasteiger partial charge in [0.2, 0.25) is 5.95 Å². The third kappa shape index (κ3) is 2.73. The Hall–Kier alpha value is -2.02. The van der Waals surface area contributed by atoms with Crippen molar-refractivity contribution in [1.82, 2.24) is 14.8 Å². The standard InChI is InChI=1S/C14H19N5OS/c1-17-13(15-16-14(17)21)19-8-6-18(7-9-19)11-4-3-5-12(10-11)20-2/h3-5,10H,6-9H2,1-2H3,(H,16,21). The number of benzene rings is 1. The molecule has 2 aromatic rings. The first-order valence-corrected chi connectivity index (χ1v) is 7.35. The van der Waals surface area contributed by atoms with E-state index in [0.717, 1.165) is 37.9 Å². The molecule has 1 N–H and O–H groups in total. The average molecular weight is 305 g/mol. The van der Waals surface area contributed by atoms with Gasteiger partial charge in [0.05, 0.1) is 7.11 Å². The van der Waals surface area contributed by atoms with Gasteiger partial charge >= 0.3 is 0 Å². The van der Waals surface area contributed by atoms with Gasteiger partial charge in [0.15, 0.2) is 4.77 Å². The summed E-state index contributed by atoms with van der Waals surface area (Å²) in [5.41, 5.74) is 1.20. The summed E-state index contributed by atoms with van der Waals surface area (Å²) in [6.07, 6.45) is 0. The van der Waals surface area contributed by atoms with E-state index in [4.69, 9.17) is 17.0 Å². The van der Waals surface area contributed by atoms with Crippen LogP contribution >= 0.6 is 12.2 Å². The Morgan fingerprint density at radius 2 is 1.90 bits per heavy atom. The van der Waals surface area contributed by atoms with Gasteiger partial charge in [0.1, 0.15) is 5.75 Å². The molecule has 1 aliphatic rings. The third-order valence-corrected chi connectivity index (χ3v) is 4.20. The fraction of sp³-hybridized carbons (Fsp3) is 0.429. The van der Waals surface area contributed by atoms with Crippen molar-refractivity contribution in [3.63, 3.8) is 0 Å². The molecule has 2 heterocycles. The zero-order chi connectivity index (χ0) is 14.8. The molecular formula is C14H19N5OS. The summed E-state index contributed by atoms with van der Waals surface area (Å²) in [5.74, 6) is 1.80. The maximum absolute atomic E-state index is 5.29. The lowest BCUT2D eigenvalue weighted by Crippen LogP contribution is -2.47. The first-order chi connectivity index (χ1) is 10.2. The van der Waals surface area contributed by atoms with Gasteiger partial charge in [-0.2, -0.15) is 0 Å². The number of nitrogens with zero attached hydrogens (tertiary/aromatic N) is 4. The van der Waals surface area contributed by atoms with Crippen molar-refractivity contribution in [2.75, 3.05) is 43.1 Å². The van der Waals surface area contributed by atoms with E-state index in [1.807, 2.05) is 23.7 Å². The Balaban J connectivity index is 1.70. The smallest absolute Gasteiger partial charge is 0.225 e. The van der Waals surface area contributed by atoms with E-state index in [-0.39, 0.29) is 0 Å². The molecule has 0 radical (unpaired) electrons. The summed E-state index contributed by atoms with van der Waals surface area (Å²) in [6.45, 7) is 3.74. The van der Waals surface area contributed by atoms with Gasteiger partial charge in [-0.3, -0.25) is 4.57 Å². The van der Waals surface area contributed by atoms with Crippen LogP contribution in [0.1, 0.15) is 0 Å². The highest BCUT2D eigenvalue weighted by atomic mass is 32.1. The number of H-pyrrole nitrogens is 1. The van der Waals surface area contributed by atoms with Crippen LogP contribution in [0.5, 0.6) is 5.75 Å². The highest BCUT2D eigenvalue weighted by molar-refractivity contribution is 7.71. The number of aromatic amines is 1. The van der Waals surface area contributed by atoms with Crippen LogP contribution in [0.15, 0.2) is 24.3 Å². The molecule has 112 valence electrons. The molecule has 21 heavy (non-hydrogen) atoms. The Morgan fingerprint density at radius 1 is 1.19 bits per heavy atom. The second-order valence-corrected chi connectivity index (χ2v) is 5.45. The predicted octanol–water partition coefficient (Wildman–Crippen LogP) is 1.81. The van der Waals surface area contributed by atoms with Crippen LogP contribution in [0.25, 0.3) is 0 Å². The maximum Gasteiger partial charge on any atom is 0.225 e. The number of ether oxygens (including phenoxy) is 1. The molecule has 0 bridgehead atoms. The van der Waals surface area contributed by atoms with Gasteiger partial charge in [-0.1, -0.05) is 6.07 Å². The molecular weight excluding hydrogens is 286 g/mol. The Kier molecular flexibility index (Phi) is 3.83. The zero-order valence-electron chi connectivity index (χ0n) is 12.2. The van der Waals surface area contributed by atoms with Crippen molar-refractivity contribution >= 4 is 23.9 Å². The van der Waals surface area contributed by atoms with Crippen molar-refractivity contribution < 1.29 is 4.74 Å². The molecule has 7 heteroatoms. The second kappa shape index (κ2) is 5.77. The Bertz CT molecular complexity index is 672. The highest BCUT2D eigenvalue weighted by Gasteiger charge is 2.20. The molecule has 0 amide bonds. The first-order valence-electron chi connectivity index (χ1n) is 6.94. The number of nitrogens with one attached hydrogen (secondary N) is 1. The lowest BCUT2D eigenvalue weighted by molar-refractivity contribution is 0.414. The van der Waals surface area contributed by atoms with Crippen LogP contribution in [-0.4, -0.2) is 48.1 Å². The van der Waals surface area contributed by atoms with Gasteiger partial charge in [-0.15, -0.1) is 5.10 Å². The fourth-order valence-corrected chi connectivity index (χ4v) is 2.72. The molecule has 1 aliphatic heterocycles. The van der Waals surface area contributed by atoms with Crippen LogP contribution in [-0.2, 0) is 7.05 Å². The molecule has 0 saturated carbocycles. The van der Waals surface area contributed by atoms with E-state index in [1.54, 1.807) is 7.11 Å². The first kappa shape index (κ1) is 13.9. The van der Waals surface area contributed by atoms with E-state index < -0.39 is 0 Å². The van der Waals surface area contributed by atoms with Gasteiger partial charge in [-0.25, -0.2) is 5.10 Å². The predicted molar refractivity (Wildman–Crippen MR) is 85.8 cm³/mol. The Morgan fingerprint density at radius 3 is 2.52 bits per heavy atom. The Labute approximate surface area is 128 Å². The molecule has 1 saturated heterocycles. The maximum atomic E-state index is 5.29. The van der Waals surface area contributed by atoms with Gasteiger partial charge in [0, 0.05) is 45.0 Å². The molecule has 0 unspecified atom stereocenters. The summed E-state index contributed by atoms with van der Waals surface area (Å²) in [7, 11) is 3.64. The normalized spacial score (nSPS) is 15.3. The van der Waals surface area contributed by atoms with Crippen LogP contribution < -0.4 is 14.5 Å². The quantitative estimate of drug-likeness (QED) is 0.877. The van der Waals surface area contributed by atoms with Crippen molar-refractivity contribution in [2.24, 2.45) is 7.05 Å². The second-order valence-electron chi connectivity index (χ2n) is 5.06. The lowest BCUT2D eigenvalue weighted by Gasteiger charge is -2.36. The van der Waals surface area contributed by atoms with Crippen LogP contribution in [0.2, 0.25) is 0 Å². The number of aromatic nitrogens is 3. The number of hydrogen-bond donors (Lipinski definition) is 1. The van der Waals surface area contributed by atoms with Crippen molar-refractivity contribution in [3.8, 4) is 5.75 Å². The number of anilines is 2. The van der Waals surface area contributed by atoms with E-state index in [1.165, 1.54) is 5.69 Å². The molecule has 0 aliphatic carbocycles. The van der Waals surface area contributed by atoms with Crippen molar-refractivity contribution in [1.29, 1.82) is 0 Å². The lowest BCUT2D eigenvalue weighted by atomic mass is 10.2. The van der Waals surface area contributed by atoms with Gasteiger partial charge in [-0.05, 0) is 24.4 Å². The van der Waals surface area contributed by atoms with Crippen LogP contribution in [0.4, 0.5) is 11.6 Å². The number of methoxy groups -OCH3 is 1. The average Bonchev–Trinajstić information content (AvgIpc) is 2.87. The van der Waals surface area contributed by atoms with Gasteiger partial charge < -0.3 is 14.5 Å². The summed E-state index contributed by atoms with van der Waals surface area (Å²) in [6, 6.07) is 8.19. The minimum absolute atomic E-state index is 0.653. The molecule has 1 aromatic carbocycles. The molecule has 0 spiro atoms. The largest absolute Gasteiger partial charge is 0.497 e. The van der Waals surface area contributed by atoms with Crippen LogP contribution in [0, 0.1) is 4.77 Å². The summed E-state index contributed by atoms with van der Waals surface area (Å²) in [5, 5.41) is 7.13. The number of rotatable bonds is 3. The minimum Gasteiger partial charge on any atom is -0.497 e. The van der Waals surface area contributed by atoms with E-state index >= 15 is 0 Å². The van der Waals surface area contributed by atoms with E-state index in [0.29, 0.717) is 4.77 Å². The summed E-state index contributed by atoms with van der Waals surface area (Å²) >= 11 is 5.16. The highest BCUT2D eigenvalue weighted by Crippen LogP contribution is 2.23. The SMILES string of the molecule is COc1cccc(N2CCN(c3n[nH]c(=S)n3C)CC2)c1. The summed E-state index contributed by atoms with van der Waals surface area (Å²) in [4.78, 5) is 4.61. The van der Waals surface area contributed by atoms with Crippen LogP contribution in [0.3, 0.4) is 0 Å².